The molecule has 1 aliphatic heterocycles. The zero-order valence-corrected chi connectivity index (χ0v) is 9.35. The Balaban J connectivity index is 2.35. The van der Waals surface area contributed by atoms with Gasteiger partial charge in [-0.25, -0.2) is 0 Å². The normalized spacial score (nSPS) is 30.1. The van der Waals surface area contributed by atoms with Crippen LogP contribution in [0.1, 0.15) is 39.5 Å². The number of rotatable bonds is 5. The fourth-order valence-corrected chi connectivity index (χ4v) is 1.90. The predicted molar refractivity (Wildman–Crippen MR) is 55.6 cm³/mol. The number of carboxylic acid groups (broad SMARTS) is 1. The summed E-state index contributed by atoms with van der Waals surface area (Å²) >= 11 is 0. The average molecular weight is 216 g/mol. The van der Waals surface area contributed by atoms with E-state index in [-0.39, 0.29) is 18.3 Å². The van der Waals surface area contributed by atoms with Crippen LogP contribution in [0.2, 0.25) is 0 Å². The van der Waals surface area contributed by atoms with Gasteiger partial charge in [-0.2, -0.15) is 0 Å². The summed E-state index contributed by atoms with van der Waals surface area (Å²) in [4.78, 5) is 10.7. The van der Waals surface area contributed by atoms with Crippen LogP contribution in [0.5, 0.6) is 0 Å². The highest BCUT2D eigenvalue weighted by molar-refractivity contribution is 5.70. The first kappa shape index (κ1) is 12.5. The maximum Gasteiger partial charge on any atom is 0.308 e. The molecule has 4 atom stereocenters. The van der Waals surface area contributed by atoms with E-state index in [4.69, 9.17) is 9.84 Å². The molecule has 4 nitrogen and oxygen atoms in total. The van der Waals surface area contributed by atoms with Crippen molar-refractivity contribution in [1.82, 2.24) is 0 Å². The molecule has 1 fully saturated rings. The molecule has 2 N–H and O–H groups in total. The molecular formula is C11H20O4. The van der Waals surface area contributed by atoms with Crippen molar-refractivity contribution in [3.8, 4) is 0 Å². The fraction of sp³-hybridized carbons (Fsp3) is 0.909. The molecule has 15 heavy (non-hydrogen) atoms. The first-order valence-electron chi connectivity index (χ1n) is 5.61. The Labute approximate surface area is 90.2 Å². The molecule has 0 radical (unpaired) electrons. The van der Waals surface area contributed by atoms with Crippen molar-refractivity contribution >= 4 is 5.97 Å². The van der Waals surface area contributed by atoms with Gasteiger partial charge in [0.15, 0.2) is 0 Å². The third kappa shape index (κ3) is 3.47. The number of aliphatic carboxylic acids is 1. The Morgan fingerprint density at radius 1 is 1.53 bits per heavy atom. The summed E-state index contributed by atoms with van der Waals surface area (Å²) in [6, 6.07) is 0. The molecule has 2 unspecified atom stereocenters. The minimum atomic E-state index is -0.809. The molecule has 88 valence electrons. The number of ether oxygens (including phenoxy) is 1. The van der Waals surface area contributed by atoms with Gasteiger partial charge in [0.25, 0.3) is 0 Å². The average Bonchev–Trinajstić information content (AvgIpc) is 2.64. The Kier molecular flexibility index (Phi) is 4.54. The molecule has 0 aromatic heterocycles. The van der Waals surface area contributed by atoms with Gasteiger partial charge in [0.2, 0.25) is 0 Å². The van der Waals surface area contributed by atoms with Gasteiger partial charge in [-0.1, -0.05) is 6.92 Å². The standard InChI is InChI=1S/C11H20O4/c1-3-8(12)6-9-4-5-10(15-9)7(2)11(13)14/h7-10,12H,3-6H2,1-2H3,(H,13,14)/t7-,8-,9?,10?/m0/s1. The summed E-state index contributed by atoms with van der Waals surface area (Å²) < 4.78 is 5.62. The van der Waals surface area contributed by atoms with Gasteiger partial charge < -0.3 is 14.9 Å². The molecule has 0 aromatic carbocycles. The third-order valence-corrected chi connectivity index (χ3v) is 3.09. The largest absolute Gasteiger partial charge is 0.481 e. The first-order chi connectivity index (χ1) is 7.04. The maximum absolute atomic E-state index is 10.7. The quantitative estimate of drug-likeness (QED) is 0.729. The Morgan fingerprint density at radius 3 is 2.73 bits per heavy atom. The molecule has 0 bridgehead atoms. The summed E-state index contributed by atoms with van der Waals surface area (Å²) in [5.74, 6) is -1.26. The molecule has 0 spiro atoms. The monoisotopic (exact) mass is 216 g/mol. The van der Waals surface area contributed by atoms with Crippen molar-refractivity contribution < 1.29 is 19.7 Å². The second-order valence-electron chi connectivity index (χ2n) is 4.30. The van der Waals surface area contributed by atoms with Crippen molar-refractivity contribution in [1.29, 1.82) is 0 Å². The van der Waals surface area contributed by atoms with Gasteiger partial charge in [0.1, 0.15) is 0 Å². The van der Waals surface area contributed by atoms with Crippen molar-refractivity contribution in [3.05, 3.63) is 0 Å². The second-order valence-corrected chi connectivity index (χ2v) is 4.30. The lowest BCUT2D eigenvalue weighted by Gasteiger charge is -2.18. The van der Waals surface area contributed by atoms with Crippen LogP contribution >= 0.6 is 0 Å². The van der Waals surface area contributed by atoms with E-state index in [0.717, 1.165) is 19.3 Å². The van der Waals surface area contributed by atoms with E-state index in [2.05, 4.69) is 0 Å². The lowest BCUT2D eigenvalue weighted by atomic mass is 10.0. The maximum atomic E-state index is 10.7. The molecule has 0 amide bonds. The summed E-state index contributed by atoms with van der Waals surface area (Å²) in [5.41, 5.74) is 0. The highest BCUT2D eigenvalue weighted by Gasteiger charge is 2.33. The van der Waals surface area contributed by atoms with Crippen molar-refractivity contribution in [2.45, 2.75) is 57.8 Å². The lowest BCUT2D eigenvalue weighted by molar-refractivity contribution is -0.146. The molecule has 0 aliphatic carbocycles. The predicted octanol–water partition coefficient (Wildman–Crippen LogP) is 1.42. The molecule has 1 heterocycles. The second kappa shape index (κ2) is 5.47. The molecule has 0 saturated carbocycles. The van der Waals surface area contributed by atoms with Gasteiger partial charge in [0, 0.05) is 0 Å². The van der Waals surface area contributed by atoms with Gasteiger partial charge in [0.05, 0.1) is 24.2 Å². The zero-order valence-electron chi connectivity index (χ0n) is 9.35. The first-order valence-corrected chi connectivity index (χ1v) is 5.61. The van der Waals surface area contributed by atoms with Crippen LogP contribution in [0.3, 0.4) is 0 Å². The van der Waals surface area contributed by atoms with Crippen molar-refractivity contribution in [2.75, 3.05) is 0 Å². The molecule has 4 heteroatoms. The summed E-state index contributed by atoms with van der Waals surface area (Å²) in [6.07, 6.45) is 2.52. The number of hydrogen-bond donors (Lipinski definition) is 2. The third-order valence-electron chi connectivity index (χ3n) is 3.09. The van der Waals surface area contributed by atoms with Crippen LogP contribution in [-0.4, -0.2) is 34.5 Å². The summed E-state index contributed by atoms with van der Waals surface area (Å²) in [5, 5.41) is 18.3. The highest BCUT2D eigenvalue weighted by atomic mass is 16.5. The van der Waals surface area contributed by atoms with E-state index >= 15 is 0 Å². The molecule has 0 aromatic rings. The Bertz CT molecular complexity index is 217. The number of aliphatic hydroxyl groups excluding tert-OH is 1. The lowest BCUT2D eigenvalue weighted by Crippen LogP contribution is -2.26. The Morgan fingerprint density at radius 2 is 2.20 bits per heavy atom. The summed E-state index contributed by atoms with van der Waals surface area (Å²) in [6.45, 7) is 3.60. The molecule has 1 rings (SSSR count). The summed E-state index contributed by atoms with van der Waals surface area (Å²) in [7, 11) is 0. The number of aliphatic hydroxyl groups is 1. The van der Waals surface area contributed by atoms with Crippen LogP contribution < -0.4 is 0 Å². The van der Waals surface area contributed by atoms with E-state index in [1.807, 2.05) is 6.92 Å². The molecule has 1 saturated heterocycles. The van der Waals surface area contributed by atoms with Crippen molar-refractivity contribution in [2.24, 2.45) is 5.92 Å². The van der Waals surface area contributed by atoms with Crippen molar-refractivity contribution in [3.63, 3.8) is 0 Å². The van der Waals surface area contributed by atoms with Crippen LogP contribution in [0.4, 0.5) is 0 Å². The van der Waals surface area contributed by atoms with Crippen LogP contribution in [-0.2, 0) is 9.53 Å². The van der Waals surface area contributed by atoms with Crippen LogP contribution in [0.25, 0.3) is 0 Å². The SMILES string of the molecule is CC[C@H](O)CC1CCC([C@H](C)C(=O)O)O1. The molecule has 1 aliphatic rings. The highest BCUT2D eigenvalue weighted by Crippen LogP contribution is 2.28. The fourth-order valence-electron chi connectivity index (χ4n) is 1.90. The van der Waals surface area contributed by atoms with E-state index in [9.17, 15) is 9.90 Å². The number of carbonyl (C=O) groups is 1. The molecular weight excluding hydrogens is 196 g/mol. The minimum Gasteiger partial charge on any atom is -0.481 e. The smallest absolute Gasteiger partial charge is 0.308 e. The van der Waals surface area contributed by atoms with Crippen LogP contribution in [0, 0.1) is 5.92 Å². The van der Waals surface area contributed by atoms with E-state index < -0.39 is 11.9 Å². The van der Waals surface area contributed by atoms with Crippen LogP contribution in [0.15, 0.2) is 0 Å². The van der Waals surface area contributed by atoms with Gasteiger partial charge >= 0.3 is 5.97 Å². The topological polar surface area (TPSA) is 66.8 Å². The van der Waals surface area contributed by atoms with Gasteiger partial charge in [-0.15, -0.1) is 0 Å². The van der Waals surface area contributed by atoms with Gasteiger partial charge in [-0.05, 0) is 32.6 Å². The number of carboxylic acids is 1. The van der Waals surface area contributed by atoms with Gasteiger partial charge in [-0.3, -0.25) is 4.79 Å². The van der Waals surface area contributed by atoms with E-state index in [0.29, 0.717) is 6.42 Å². The zero-order chi connectivity index (χ0) is 11.4. The Hall–Kier alpha value is -0.610. The minimum absolute atomic E-state index is 0.0340. The number of hydrogen-bond acceptors (Lipinski definition) is 3. The van der Waals surface area contributed by atoms with E-state index in [1.165, 1.54) is 0 Å². The van der Waals surface area contributed by atoms with E-state index in [1.54, 1.807) is 6.92 Å².